The molecule has 0 saturated heterocycles. The molecule has 1 N–H and O–H groups in total. The van der Waals surface area contributed by atoms with E-state index in [9.17, 15) is 9.59 Å². The lowest BCUT2D eigenvalue weighted by molar-refractivity contribution is -0.116. The first kappa shape index (κ1) is 15.0. The highest BCUT2D eigenvalue weighted by Crippen LogP contribution is 2.16. The quantitative estimate of drug-likeness (QED) is 0.624. The maximum Gasteiger partial charge on any atom is 0.420 e. The molecule has 0 radical (unpaired) electrons. The zero-order valence-electron chi connectivity index (χ0n) is 13.3. The Morgan fingerprint density at radius 1 is 1.00 bits per heavy atom. The Labute approximate surface area is 142 Å². The number of carbonyl (C=O) groups excluding carboxylic acids is 1. The van der Waals surface area contributed by atoms with Crippen molar-refractivity contribution in [3.63, 3.8) is 0 Å². The molecule has 4 aromatic rings. The van der Waals surface area contributed by atoms with Crippen molar-refractivity contribution in [3.05, 3.63) is 83.6 Å². The van der Waals surface area contributed by atoms with Crippen LogP contribution in [0.4, 0.5) is 5.69 Å². The van der Waals surface area contributed by atoms with Crippen LogP contribution in [-0.4, -0.2) is 15.0 Å². The number of hydrogen-bond acceptors (Lipinski definition) is 3. The topological polar surface area (TPSA) is 69.2 Å². The molecule has 124 valence electrons. The fourth-order valence-electron chi connectivity index (χ4n) is 2.76. The number of nitrogens with zero attached hydrogens (tertiary/aromatic N) is 2. The minimum Gasteiger partial charge on any atom is -0.408 e. The van der Waals surface area contributed by atoms with Crippen LogP contribution >= 0.6 is 0 Å². The Balaban J connectivity index is 1.55. The number of aromatic nitrogens is 2. The van der Waals surface area contributed by atoms with Crippen LogP contribution in [0.15, 0.2) is 82.3 Å². The van der Waals surface area contributed by atoms with Gasteiger partial charge in [-0.15, -0.1) is 0 Å². The van der Waals surface area contributed by atoms with Gasteiger partial charge in [0.15, 0.2) is 5.58 Å². The van der Waals surface area contributed by atoms with Crippen LogP contribution < -0.4 is 11.1 Å². The molecule has 1 amide bonds. The third kappa shape index (κ3) is 2.97. The molecule has 0 aliphatic rings. The normalized spacial score (nSPS) is 10.9. The number of oxazole rings is 1. The zero-order chi connectivity index (χ0) is 17.2. The summed E-state index contributed by atoms with van der Waals surface area (Å²) in [6.07, 6.45) is 3.86. The number of para-hydroxylation sites is 2. The van der Waals surface area contributed by atoms with Gasteiger partial charge in [-0.2, -0.15) is 0 Å². The second kappa shape index (κ2) is 6.16. The van der Waals surface area contributed by atoms with Gasteiger partial charge in [0.2, 0.25) is 5.91 Å². The number of amides is 1. The molecule has 0 saturated carbocycles. The third-order valence-electron chi connectivity index (χ3n) is 3.91. The summed E-state index contributed by atoms with van der Waals surface area (Å²) >= 11 is 0. The summed E-state index contributed by atoms with van der Waals surface area (Å²) in [4.78, 5) is 24.3. The third-order valence-corrected chi connectivity index (χ3v) is 3.91. The van der Waals surface area contributed by atoms with Crippen molar-refractivity contribution >= 4 is 22.7 Å². The molecule has 2 aromatic heterocycles. The Morgan fingerprint density at radius 3 is 2.64 bits per heavy atom. The summed E-state index contributed by atoms with van der Waals surface area (Å²) in [5.74, 6) is -0.837. The van der Waals surface area contributed by atoms with Gasteiger partial charge in [-0.1, -0.05) is 18.2 Å². The molecule has 0 aliphatic carbocycles. The van der Waals surface area contributed by atoms with Gasteiger partial charge in [0.1, 0.15) is 6.54 Å². The van der Waals surface area contributed by atoms with E-state index >= 15 is 0 Å². The van der Waals surface area contributed by atoms with Crippen molar-refractivity contribution in [2.75, 3.05) is 5.32 Å². The first-order valence-corrected chi connectivity index (χ1v) is 7.82. The lowest BCUT2D eigenvalue weighted by Gasteiger charge is -2.08. The van der Waals surface area contributed by atoms with Crippen LogP contribution in [0.2, 0.25) is 0 Å². The lowest BCUT2D eigenvalue weighted by Crippen LogP contribution is -2.24. The first-order valence-electron chi connectivity index (χ1n) is 7.82. The molecule has 0 fully saturated rings. The van der Waals surface area contributed by atoms with Gasteiger partial charge in [-0.05, 0) is 42.5 Å². The van der Waals surface area contributed by atoms with E-state index in [2.05, 4.69) is 5.32 Å². The van der Waals surface area contributed by atoms with E-state index in [1.807, 2.05) is 47.3 Å². The van der Waals surface area contributed by atoms with Gasteiger partial charge in [-0.3, -0.25) is 9.36 Å². The molecule has 0 unspecified atom stereocenters. The smallest absolute Gasteiger partial charge is 0.408 e. The van der Waals surface area contributed by atoms with Crippen molar-refractivity contribution in [1.29, 1.82) is 0 Å². The average Bonchev–Trinajstić information content (AvgIpc) is 3.24. The molecular formula is C19H15N3O3. The predicted molar refractivity (Wildman–Crippen MR) is 94.9 cm³/mol. The molecule has 0 spiro atoms. The van der Waals surface area contributed by atoms with Gasteiger partial charge in [-0.25, -0.2) is 4.79 Å². The SMILES string of the molecule is O=C(Cn1c(=O)oc2ccccc21)Nc1cccc(-n2cccc2)c1. The number of hydrogen-bond donors (Lipinski definition) is 1. The van der Waals surface area contributed by atoms with Gasteiger partial charge >= 0.3 is 5.76 Å². The van der Waals surface area contributed by atoms with Crippen LogP contribution in [0.3, 0.4) is 0 Å². The number of nitrogens with one attached hydrogen (secondary N) is 1. The van der Waals surface area contributed by atoms with E-state index in [1.54, 1.807) is 30.3 Å². The number of carbonyl (C=O) groups is 1. The van der Waals surface area contributed by atoms with Crippen LogP contribution in [-0.2, 0) is 11.3 Å². The minimum absolute atomic E-state index is 0.108. The van der Waals surface area contributed by atoms with Crippen LogP contribution in [0.25, 0.3) is 16.8 Å². The highest BCUT2D eigenvalue weighted by Gasteiger charge is 2.12. The average molecular weight is 333 g/mol. The monoisotopic (exact) mass is 333 g/mol. The standard InChI is InChI=1S/C19H15N3O3/c23-18(13-22-16-8-1-2-9-17(16)25-19(22)24)20-14-6-5-7-15(12-14)21-10-3-4-11-21/h1-12H,13H2,(H,20,23). The fourth-order valence-corrected chi connectivity index (χ4v) is 2.76. The number of fused-ring (bicyclic) bond motifs is 1. The Morgan fingerprint density at radius 2 is 1.80 bits per heavy atom. The zero-order valence-corrected chi connectivity index (χ0v) is 13.3. The number of benzene rings is 2. The summed E-state index contributed by atoms with van der Waals surface area (Å²) in [6, 6.07) is 18.4. The van der Waals surface area contributed by atoms with Crippen LogP contribution in [0, 0.1) is 0 Å². The molecule has 4 rings (SSSR count). The summed E-state index contributed by atoms with van der Waals surface area (Å²) in [5.41, 5.74) is 2.67. The van der Waals surface area contributed by atoms with E-state index in [0.717, 1.165) is 5.69 Å². The van der Waals surface area contributed by atoms with Gasteiger partial charge in [0.05, 0.1) is 5.52 Å². The molecule has 6 nitrogen and oxygen atoms in total. The summed E-state index contributed by atoms with van der Waals surface area (Å²) in [5, 5.41) is 2.82. The van der Waals surface area contributed by atoms with Crippen molar-refractivity contribution < 1.29 is 9.21 Å². The highest BCUT2D eigenvalue weighted by atomic mass is 16.4. The van der Waals surface area contributed by atoms with E-state index in [4.69, 9.17) is 4.42 Å². The van der Waals surface area contributed by atoms with Crippen molar-refractivity contribution in [3.8, 4) is 5.69 Å². The summed E-state index contributed by atoms with van der Waals surface area (Å²) in [7, 11) is 0. The van der Waals surface area contributed by atoms with Crippen molar-refractivity contribution in [1.82, 2.24) is 9.13 Å². The van der Waals surface area contributed by atoms with E-state index in [-0.39, 0.29) is 12.5 Å². The van der Waals surface area contributed by atoms with Crippen LogP contribution in [0.5, 0.6) is 0 Å². The summed E-state index contributed by atoms with van der Waals surface area (Å²) < 4.78 is 8.41. The highest BCUT2D eigenvalue weighted by molar-refractivity contribution is 5.91. The van der Waals surface area contributed by atoms with Crippen molar-refractivity contribution in [2.45, 2.75) is 6.54 Å². The van der Waals surface area contributed by atoms with Gasteiger partial charge in [0.25, 0.3) is 0 Å². The lowest BCUT2D eigenvalue weighted by atomic mass is 10.2. The maximum absolute atomic E-state index is 12.4. The molecule has 25 heavy (non-hydrogen) atoms. The molecule has 2 heterocycles. The molecule has 0 bridgehead atoms. The van der Waals surface area contributed by atoms with Crippen LogP contribution in [0.1, 0.15) is 0 Å². The molecule has 2 aromatic carbocycles. The van der Waals surface area contributed by atoms with E-state index in [1.165, 1.54) is 4.57 Å². The molecule has 0 atom stereocenters. The fraction of sp³-hybridized carbons (Fsp3) is 0.0526. The maximum atomic E-state index is 12.4. The Hall–Kier alpha value is -3.54. The molecular weight excluding hydrogens is 318 g/mol. The number of rotatable bonds is 4. The van der Waals surface area contributed by atoms with Gasteiger partial charge < -0.3 is 14.3 Å². The minimum atomic E-state index is -0.544. The first-order chi connectivity index (χ1) is 12.2. The van der Waals surface area contributed by atoms with Gasteiger partial charge in [0, 0.05) is 23.8 Å². The summed E-state index contributed by atoms with van der Waals surface area (Å²) in [6.45, 7) is -0.108. The van der Waals surface area contributed by atoms with Crippen molar-refractivity contribution in [2.24, 2.45) is 0 Å². The molecule has 6 heteroatoms. The Bertz CT molecular complexity index is 1090. The second-order valence-corrected chi connectivity index (χ2v) is 5.61. The Kier molecular flexibility index (Phi) is 3.70. The van der Waals surface area contributed by atoms with E-state index in [0.29, 0.717) is 16.8 Å². The number of anilines is 1. The molecule has 0 aliphatic heterocycles. The predicted octanol–water partition coefficient (Wildman–Crippen LogP) is 3.02. The van der Waals surface area contributed by atoms with E-state index < -0.39 is 5.76 Å². The second-order valence-electron chi connectivity index (χ2n) is 5.61. The largest absolute Gasteiger partial charge is 0.420 e.